The number of hydrogen-bond donors (Lipinski definition) is 1. The van der Waals surface area contributed by atoms with E-state index in [1.165, 1.54) is 19.3 Å². The summed E-state index contributed by atoms with van der Waals surface area (Å²) in [6.45, 7) is 9.51. The van der Waals surface area contributed by atoms with Crippen LogP contribution in [0.4, 0.5) is 5.69 Å². The molecule has 2 nitrogen and oxygen atoms in total. The van der Waals surface area contributed by atoms with Crippen LogP contribution < -0.4 is 10.1 Å². The number of rotatable bonds is 3. The molecule has 0 unspecified atom stereocenters. The van der Waals surface area contributed by atoms with E-state index >= 15 is 0 Å². The second-order valence-corrected chi connectivity index (χ2v) is 8.45. The van der Waals surface area contributed by atoms with Crippen LogP contribution in [0.5, 0.6) is 5.75 Å². The maximum Gasteiger partial charge on any atom is 0.121 e. The number of nitrogens with one attached hydrogen (secondary N) is 1. The third kappa shape index (κ3) is 3.91. The highest BCUT2D eigenvalue weighted by molar-refractivity contribution is 9.10. The van der Waals surface area contributed by atoms with Crippen molar-refractivity contribution >= 4 is 21.6 Å². The van der Waals surface area contributed by atoms with Crippen LogP contribution in [0.2, 0.25) is 0 Å². The quantitative estimate of drug-likeness (QED) is 0.787. The highest BCUT2D eigenvalue weighted by Gasteiger charge is 2.38. The van der Waals surface area contributed by atoms with Crippen molar-refractivity contribution in [1.29, 1.82) is 0 Å². The van der Waals surface area contributed by atoms with E-state index in [2.05, 4.69) is 55.0 Å². The normalized spacial score (nSPS) is 21.5. The van der Waals surface area contributed by atoms with Gasteiger partial charge >= 0.3 is 0 Å². The van der Waals surface area contributed by atoms with Crippen molar-refractivity contribution in [2.45, 2.75) is 53.0 Å². The van der Waals surface area contributed by atoms with E-state index in [9.17, 15) is 0 Å². The summed E-state index contributed by atoms with van der Waals surface area (Å²) in [5, 5.41) is 3.71. The highest BCUT2D eigenvalue weighted by atomic mass is 79.9. The van der Waals surface area contributed by atoms with Gasteiger partial charge in [-0.25, -0.2) is 0 Å². The van der Waals surface area contributed by atoms with E-state index in [4.69, 9.17) is 4.74 Å². The Hall–Kier alpha value is -0.700. The number of ether oxygens (including phenoxy) is 1. The monoisotopic (exact) mass is 339 g/mol. The average Bonchev–Trinajstić information content (AvgIpc) is 2.28. The van der Waals surface area contributed by atoms with Gasteiger partial charge in [-0.05, 0) is 58.2 Å². The van der Waals surface area contributed by atoms with Gasteiger partial charge in [0.1, 0.15) is 5.75 Å². The van der Waals surface area contributed by atoms with Crippen LogP contribution in [-0.4, -0.2) is 13.2 Å². The number of halogens is 1. The first-order chi connectivity index (χ1) is 9.21. The van der Waals surface area contributed by atoms with Gasteiger partial charge in [0.15, 0.2) is 0 Å². The molecule has 0 saturated heterocycles. The fraction of sp³-hybridized carbons (Fsp3) is 0.647. The molecule has 1 saturated carbocycles. The molecule has 20 heavy (non-hydrogen) atoms. The fourth-order valence-corrected chi connectivity index (χ4v) is 4.27. The summed E-state index contributed by atoms with van der Waals surface area (Å²) in [6, 6.07) is 6.60. The zero-order chi connectivity index (χ0) is 15.0. The number of benzene rings is 1. The molecule has 0 heterocycles. The van der Waals surface area contributed by atoms with Gasteiger partial charge in [-0.3, -0.25) is 0 Å². The Morgan fingerprint density at radius 3 is 2.30 bits per heavy atom. The Balaban J connectivity index is 2.17. The Labute approximate surface area is 131 Å². The fourth-order valence-electron chi connectivity index (χ4n) is 3.91. The van der Waals surface area contributed by atoms with Gasteiger partial charge in [-0.15, -0.1) is 0 Å². The third-order valence-electron chi connectivity index (χ3n) is 4.09. The molecule has 0 aliphatic heterocycles. The van der Waals surface area contributed by atoms with Gasteiger partial charge < -0.3 is 10.1 Å². The molecule has 0 aromatic heterocycles. The van der Waals surface area contributed by atoms with E-state index in [0.717, 1.165) is 15.9 Å². The number of anilines is 1. The second-order valence-electron chi connectivity index (χ2n) is 7.60. The van der Waals surface area contributed by atoms with E-state index < -0.39 is 0 Å². The lowest BCUT2D eigenvalue weighted by Crippen LogP contribution is -2.40. The molecule has 0 spiro atoms. The molecule has 3 heteroatoms. The SMILES string of the molecule is COc1ccc(Br)c(NC2CC(C)(C)CC(C)(C)C2)c1. The molecular formula is C17H26BrNO. The minimum absolute atomic E-state index is 0.394. The molecule has 1 aliphatic rings. The van der Waals surface area contributed by atoms with E-state index in [1.807, 2.05) is 12.1 Å². The zero-order valence-electron chi connectivity index (χ0n) is 13.2. The lowest BCUT2D eigenvalue weighted by atomic mass is 9.63. The lowest BCUT2D eigenvalue weighted by Gasteiger charge is -2.45. The minimum atomic E-state index is 0.394. The summed E-state index contributed by atoms with van der Waals surface area (Å²) < 4.78 is 6.42. The van der Waals surface area contributed by atoms with Crippen LogP contribution >= 0.6 is 15.9 Å². The van der Waals surface area contributed by atoms with E-state index in [0.29, 0.717) is 16.9 Å². The van der Waals surface area contributed by atoms with Crippen LogP contribution in [0.3, 0.4) is 0 Å². The lowest BCUT2D eigenvalue weighted by molar-refractivity contribution is 0.105. The summed E-state index contributed by atoms with van der Waals surface area (Å²) >= 11 is 3.63. The topological polar surface area (TPSA) is 21.3 Å². The summed E-state index contributed by atoms with van der Waals surface area (Å²) in [4.78, 5) is 0. The van der Waals surface area contributed by atoms with Crippen molar-refractivity contribution < 1.29 is 4.74 Å². The van der Waals surface area contributed by atoms with Crippen molar-refractivity contribution in [2.24, 2.45) is 10.8 Å². The smallest absolute Gasteiger partial charge is 0.121 e. The highest BCUT2D eigenvalue weighted by Crippen LogP contribution is 2.46. The average molecular weight is 340 g/mol. The summed E-state index contributed by atoms with van der Waals surface area (Å²) in [6.07, 6.45) is 3.71. The first-order valence-electron chi connectivity index (χ1n) is 7.31. The van der Waals surface area contributed by atoms with E-state index in [-0.39, 0.29) is 0 Å². The minimum Gasteiger partial charge on any atom is -0.497 e. The van der Waals surface area contributed by atoms with Gasteiger partial charge in [-0.1, -0.05) is 27.7 Å². The molecule has 0 bridgehead atoms. The molecule has 1 fully saturated rings. The Kier molecular flexibility index (Phi) is 4.38. The Bertz CT molecular complexity index is 466. The number of methoxy groups -OCH3 is 1. The zero-order valence-corrected chi connectivity index (χ0v) is 14.8. The van der Waals surface area contributed by atoms with Crippen molar-refractivity contribution in [3.05, 3.63) is 22.7 Å². The standard InChI is InChI=1S/C17H26BrNO/c1-16(2)9-12(10-17(3,4)11-16)19-15-8-13(20-5)6-7-14(15)18/h6-8,12,19H,9-11H2,1-5H3. The Morgan fingerprint density at radius 1 is 1.15 bits per heavy atom. The van der Waals surface area contributed by atoms with E-state index in [1.54, 1.807) is 7.11 Å². The summed E-state index contributed by atoms with van der Waals surface area (Å²) in [7, 11) is 1.71. The molecule has 112 valence electrons. The van der Waals surface area contributed by atoms with Crippen LogP contribution in [0, 0.1) is 10.8 Å². The van der Waals surface area contributed by atoms with Gasteiger partial charge in [0.05, 0.1) is 12.8 Å². The molecule has 1 aromatic carbocycles. The van der Waals surface area contributed by atoms with Crippen LogP contribution in [0.15, 0.2) is 22.7 Å². The summed E-state index contributed by atoms with van der Waals surface area (Å²) in [5.41, 5.74) is 1.91. The first-order valence-corrected chi connectivity index (χ1v) is 8.10. The molecule has 0 amide bonds. The molecule has 2 rings (SSSR count). The predicted octanol–water partition coefficient (Wildman–Crippen LogP) is 5.47. The van der Waals surface area contributed by atoms with Crippen molar-refractivity contribution in [3.8, 4) is 5.75 Å². The van der Waals surface area contributed by atoms with Gasteiger partial charge in [-0.2, -0.15) is 0 Å². The maximum atomic E-state index is 5.32. The van der Waals surface area contributed by atoms with Crippen LogP contribution in [0.25, 0.3) is 0 Å². The Morgan fingerprint density at radius 2 is 1.75 bits per heavy atom. The van der Waals surface area contributed by atoms with Gasteiger partial charge in [0, 0.05) is 16.6 Å². The molecular weight excluding hydrogens is 314 g/mol. The predicted molar refractivity (Wildman–Crippen MR) is 89.5 cm³/mol. The summed E-state index contributed by atoms with van der Waals surface area (Å²) in [5.74, 6) is 0.894. The number of hydrogen-bond acceptors (Lipinski definition) is 2. The van der Waals surface area contributed by atoms with Gasteiger partial charge in [0.2, 0.25) is 0 Å². The molecule has 1 aromatic rings. The third-order valence-corrected chi connectivity index (χ3v) is 4.78. The second kappa shape index (κ2) is 5.59. The maximum absolute atomic E-state index is 5.32. The van der Waals surface area contributed by atoms with Gasteiger partial charge in [0.25, 0.3) is 0 Å². The molecule has 1 N–H and O–H groups in total. The largest absolute Gasteiger partial charge is 0.497 e. The first kappa shape index (κ1) is 15.7. The van der Waals surface area contributed by atoms with Crippen molar-refractivity contribution in [2.75, 3.05) is 12.4 Å². The van der Waals surface area contributed by atoms with Crippen molar-refractivity contribution in [1.82, 2.24) is 0 Å². The molecule has 0 radical (unpaired) electrons. The van der Waals surface area contributed by atoms with Crippen LogP contribution in [0.1, 0.15) is 47.0 Å². The molecule has 0 atom stereocenters. The van der Waals surface area contributed by atoms with Crippen LogP contribution in [-0.2, 0) is 0 Å². The molecule has 1 aliphatic carbocycles. The van der Waals surface area contributed by atoms with Crippen molar-refractivity contribution in [3.63, 3.8) is 0 Å².